The van der Waals surface area contributed by atoms with Crippen molar-refractivity contribution in [2.75, 3.05) is 18.9 Å². The van der Waals surface area contributed by atoms with Gasteiger partial charge in [0.1, 0.15) is 5.82 Å². The predicted molar refractivity (Wildman–Crippen MR) is 80.3 cm³/mol. The van der Waals surface area contributed by atoms with Crippen molar-refractivity contribution in [1.29, 1.82) is 0 Å². The fourth-order valence-electron chi connectivity index (χ4n) is 1.58. The molecule has 0 spiro atoms. The first-order chi connectivity index (χ1) is 9.11. The number of ether oxygens (including phenoxy) is 1. The second-order valence-corrected chi connectivity index (χ2v) is 5.89. The van der Waals surface area contributed by atoms with Gasteiger partial charge in [-0.3, -0.25) is 0 Å². The summed E-state index contributed by atoms with van der Waals surface area (Å²) >= 11 is 1.66. The molecule has 2 nitrogen and oxygen atoms in total. The van der Waals surface area contributed by atoms with E-state index in [1.165, 1.54) is 6.07 Å². The second-order valence-electron chi connectivity index (χ2n) is 4.80. The summed E-state index contributed by atoms with van der Waals surface area (Å²) in [7, 11) is 0. The van der Waals surface area contributed by atoms with E-state index in [1.54, 1.807) is 23.9 Å². The Balaban J connectivity index is 2.42. The largest absolute Gasteiger partial charge is 0.377 e. The summed E-state index contributed by atoms with van der Waals surface area (Å²) in [6.07, 6.45) is 1.34. The third-order valence-corrected chi connectivity index (χ3v) is 3.72. The zero-order valence-electron chi connectivity index (χ0n) is 12.0. The number of rotatable bonds is 9. The van der Waals surface area contributed by atoms with E-state index in [2.05, 4.69) is 12.2 Å². The van der Waals surface area contributed by atoms with E-state index in [9.17, 15) is 4.39 Å². The van der Waals surface area contributed by atoms with Crippen molar-refractivity contribution in [1.82, 2.24) is 5.32 Å². The molecule has 0 heterocycles. The summed E-state index contributed by atoms with van der Waals surface area (Å²) in [5.41, 5.74) is 0. The quantitative estimate of drug-likeness (QED) is 0.699. The van der Waals surface area contributed by atoms with Crippen LogP contribution >= 0.6 is 11.8 Å². The molecule has 1 atom stereocenters. The molecule has 1 aromatic rings. The van der Waals surface area contributed by atoms with Crippen LogP contribution in [0.1, 0.15) is 27.2 Å². The van der Waals surface area contributed by atoms with Gasteiger partial charge in [0.2, 0.25) is 0 Å². The second kappa shape index (κ2) is 9.34. The van der Waals surface area contributed by atoms with Crippen LogP contribution in [0, 0.1) is 5.82 Å². The van der Waals surface area contributed by atoms with E-state index >= 15 is 0 Å². The van der Waals surface area contributed by atoms with Gasteiger partial charge in [-0.1, -0.05) is 13.0 Å². The number of halogens is 1. The number of benzene rings is 1. The van der Waals surface area contributed by atoms with Gasteiger partial charge in [0, 0.05) is 16.7 Å². The zero-order chi connectivity index (χ0) is 14.1. The zero-order valence-corrected chi connectivity index (χ0v) is 12.8. The van der Waals surface area contributed by atoms with Crippen LogP contribution in [0.5, 0.6) is 0 Å². The SMILES string of the molecule is CCCNC(COC(C)C)CSc1cccc(F)c1. The van der Waals surface area contributed by atoms with Gasteiger partial charge < -0.3 is 10.1 Å². The summed E-state index contributed by atoms with van der Waals surface area (Å²) in [6.45, 7) is 7.90. The van der Waals surface area contributed by atoms with E-state index in [-0.39, 0.29) is 11.9 Å². The van der Waals surface area contributed by atoms with Crippen LogP contribution in [-0.2, 0) is 4.74 Å². The van der Waals surface area contributed by atoms with Gasteiger partial charge in [0.25, 0.3) is 0 Å². The van der Waals surface area contributed by atoms with Crippen molar-refractivity contribution in [3.63, 3.8) is 0 Å². The number of hydrogen-bond donors (Lipinski definition) is 1. The van der Waals surface area contributed by atoms with Gasteiger partial charge in [-0.15, -0.1) is 11.8 Å². The van der Waals surface area contributed by atoms with Gasteiger partial charge in [-0.25, -0.2) is 4.39 Å². The molecule has 0 aliphatic rings. The molecule has 108 valence electrons. The van der Waals surface area contributed by atoms with E-state index < -0.39 is 0 Å². The molecular weight excluding hydrogens is 261 g/mol. The van der Waals surface area contributed by atoms with Crippen LogP contribution in [0.15, 0.2) is 29.2 Å². The Hall–Kier alpha value is -0.580. The lowest BCUT2D eigenvalue weighted by Crippen LogP contribution is -2.37. The average Bonchev–Trinajstić information content (AvgIpc) is 2.37. The topological polar surface area (TPSA) is 21.3 Å². The van der Waals surface area contributed by atoms with Crippen molar-refractivity contribution in [2.24, 2.45) is 0 Å². The molecule has 1 aromatic carbocycles. The molecule has 0 saturated heterocycles. The molecule has 0 aromatic heterocycles. The lowest BCUT2D eigenvalue weighted by molar-refractivity contribution is 0.0655. The average molecular weight is 285 g/mol. The Morgan fingerprint density at radius 1 is 1.37 bits per heavy atom. The van der Waals surface area contributed by atoms with Crippen molar-refractivity contribution in [2.45, 2.75) is 44.2 Å². The Morgan fingerprint density at radius 3 is 2.79 bits per heavy atom. The van der Waals surface area contributed by atoms with Crippen LogP contribution in [-0.4, -0.2) is 31.1 Å². The minimum atomic E-state index is -0.179. The number of nitrogens with one attached hydrogen (secondary N) is 1. The minimum Gasteiger partial charge on any atom is -0.377 e. The van der Waals surface area contributed by atoms with Crippen LogP contribution in [0.2, 0.25) is 0 Å². The summed E-state index contributed by atoms with van der Waals surface area (Å²) in [4.78, 5) is 0.966. The maximum atomic E-state index is 13.1. The molecule has 4 heteroatoms. The van der Waals surface area contributed by atoms with Crippen molar-refractivity contribution in [3.8, 4) is 0 Å². The molecule has 1 rings (SSSR count). The Labute approximate surface area is 120 Å². The fraction of sp³-hybridized carbons (Fsp3) is 0.600. The molecule has 0 bridgehead atoms. The molecule has 19 heavy (non-hydrogen) atoms. The van der Waals surface area contributed by atoms with Gasteiger partial charge in [0.05, 0.1) is 12.7 Å². The summed E-state index contributed by atoms with van der Waals surface area (Å²) < 4.78 is 18.8. The van der Waals surface area contributed by atoms with Crippen molar-refractivity contribution in [3.05, 3.63) is 30.1 Å². The van der Waals surface area contributed by atoms with Crippen LogP contribution in [0.4, 0.5) is 4.39 Å². The molecule has 0 fully saturated rings. The highest BCUT2D eigenvalue weighted by atomic mass is 32.2. The van der Waals surface area contributed by atoms with Crippen molar-refractivity contribution < 1.29 is 9.13 Å². The molecular formula is C15H24FNOS. The maximum absolute atomic E-state index is 13.1. The van der Waals surface area contributed by atoms with Crippen molar-refractivity contribution >= 4 is 11.8 Å². The molecule has 0 aliphatic carbocycles. The highest BCUT2D eigenvalue weighted by Gasteiger charge is 2.10. The lowest BCUT2D eigenvalue weighted by atomic mass is 10.3. The smallest absolute Gasteiger partial charge is 0.124 e. The molecule has 1 N–H and O–H groups in total. The molecule has 0 amide bonds. The van der Waals surface area contributed by atoms with Crippen LogP contribution in [0.25, 0.3) is 0 Å². The first-order valence-electron chi connectivity index (χ1n) is 6.85. The van der Waals surface area contributed by atoms with E-state index in [0.717, 1.165) is 23.6 Å². The van der Waals surface area contributed by atoms with Crippen LogP contribution < -0.4 is 5.32 Å². The standard InChI is InChI=1S/C15H24FNOS/c1-4-8-17-14(10-18-12(2)3)11-19-15-7-5-6-13(16)9-15/h5-7,9,12,14,17H,4,8,10-11H2,1-3H3. The van der Waals surface area contributed by atoms with E-state index in [0.29, 0.717) is 12.6 Å². The highest BCUT2D eigenvalue weighted by Crippen LogP contribution is 2.19. The first-order valence-corrected chi connectivity index (χ1v) is 7.83. The Morgan fingerprint density at radius 2 is 2.16 bits per heavy atom. The number of hydrogen-bond acceptors (Lipinski definition) is 3. The Kier molecular flexibility index (Phi) is 8.10. The summed E-state index contributed by atoms with van der Waals surface area (Å²) in [5.74, 6) is 0.706. The summed E-state index contributed by atoms with van der Waals surface area (Å²) in [6, 6.07) is 7.03. The molecule has 0 radical (unpaired) electrons. The normalized spacial score (nSPS) is 12.9. The fourth-order valence-corrected chi connectivity index (χ4v) is 2.56. The van der Waals surface area contributed by atoms with Gasteiger partial charge in [-0.05, 0) is 45.0 Å². The summed E-state index contributed by atoms with van der Waals surface area (Å²) in [5, 5.41) is 3.47. The van der Waals surface area contributed by atoms with Crippen LogP contribution in [0.3, 0.4) is 0 Å². The Bertz CT molecular complexity index is 360. The minimum absolute atomic E-state index is 0.179. The molecule has 0 aliphatic heterocycles. The van der Waals surface area contributed by atoms with E-state index in [4.69, 9.17) is 4.74 Å². The molecule has 0 saturated carbocycles. The maximum Gasteiger partial charge on any atom is 0.124 e. The third-order valence-electron chi connectivity index (χ3n) is 2.56. The third kappa shape index (κ3) is 7.55. The highest BCUT2D eigenvalue weighted by molar-refractivity contribution is 7.99. The number of thioether (sulfide) groups is 1. The van der Waals surface area contributed by atoms with Gasteiger partial charge >= 0.3 is 0 Å². The molecule has 1 unspecified atom stereocenters. The first kappa shape index (κ1) is 16.5. The predicted octanol–water partition coefficient (Wildman–Crippen LogP) is 3.71. The van der Waals surface area contributed by atoms with E-state index in [1.807, 2.05) is 19.9 Å². The monoisotopic (exact) mass is 285 g/mol. The van der Waals surface area contributed by atoms with Gasteiger partial charge in [0.15, 0.2) is 0 Å². The lowest BCUT2D eigenvalue weighted by Gasteiger charge is -2.19. The van der Waals surface area contributed by atoms with Gasteiger partial charge in [-0.2, -0.15) is 0 Å².